The van der Waals surface area contributed by atoms with Gasteiger partial charge in [-0.05, 0) is 74.9 Å². The molecule has 4 aromatic carbocycles. The lowest BCUT2D eigenvalue weighted by Crippen LogP contribution is -2.17. The summed E-state index contributed by atoms with van der Waals surface area (Å²) < 4.78 is 0. The van der Waals surface area contributed by atoms with E-state index in [0.29, 0.717) is 0 Å². The highest BCUT2D eigenvalue weighted by Gasteiger charge is 2.41. The van der Waals surface area contributed by atoms with Crippen molar-refractivity contribution in [2.24, 2.45) is 0 Å². The first-order valence-corrected chi connectivity index (χ1v) is 11.5. The van der Waals surface area contributed by atoms with Crippen molar-refractivity contribution in [2.45, 2.75) is 44.9 Å². The Labute approximate surface area is 192 Å². The van der Waals surface area contributed by atoms with Crippen LogP contribution >= 0.6 is 0 Å². The lowest BCUT2D eigenvalue weighted by atomic mass is 9.82. The van der Waals surface area contributed by atoms with Crippen LogP contribution in [0.25, 0.3) is 22.3 Å². The largest absolute Gasteiger partial charge is 0.356 e. The molecule has 1 nitrogen and oxygen atoms in total. The molecule has 0 aliphatic heterocycles. The molecule has 0 bridgehead atoms. The zero-order valence-electron chi connectivity index (χ0n) is 19.4. The van der Waals surface area contributed by atoms with E-state index in [1.807, 2.05) is 6.07 Å². The first-order chi connectivity index (χ1) is 15.3. The third kappa shape index (κ3) is 3.84. The quantitative estimate of drug-likeness (QED) is 0.350. The summed E-state index contributed by atoms with van der Waals surface area (Å²) in [5.41, 5.74) is 10.7. The number of nitrogens with one attached hydrogen (secondary N) is 1. The lowest BCUT2D eigenvalue weighted by Gasteiger charge is -2.22. The van der Waals surface area contributed by atoms with Crippen LogP contribution in [0.4, 0.5) is 11.4 Å². The van der Waals surface area contributed by atoms with E-state index in [1.165, 1.54) is 39.8 Å². The van der Waals surface area contributed by atoms with Crippen molar-refractivity contribution in [2.75, 3.05) is 5.32 Å². The Kier molecular flexibility index (Phi) is 4.93. The number of hydrogen-bond acceptors (Lipinski definition) is 1. The molecule has 0 saturated heterocycles. The minimum atomic E-state index is 0.224. The number of hydrogen-bond donors (Lipinski definition) is 1. The van der Waals surface area contributed by atoms with Crippen LogP contribution in [0.15, 0.2) is 97.1 Å². The minimum absolute atomic E-state index is 0.224. The van der Waals surface area contributed by atoms with Crippen molar-refractivity contribution in [3.63, 3.8) is 0 Å². The molecule has 0 aromatic heterocycles. The van der Waals surface area contributed by atoms with Crippen LogP contribution in [-0.4, -0.2) is 0 Å². The maximum atomic E-state index is 3.53. The van der Waals surface area contributed by atoms with Crippen molar-refractivity contribution in [3.8, 4) is 22.3 Å². The SMILES string of the molecule is CC1(C)CC(C)(C)c2cc(-c3ccc(Nc4ccc(-c5ccccc5)cc4)cc3)ccc21. The number of benzene rings is 4. The maximum absolute atomic E-state index is 3.53. The smallest absolute Gasteiger partial charge is 0.0384 e. The Balaban J connectivity index is 1.34. The van der Waals surface area contributed by atoms with Gasteiger partial charge in [-0.3, -0.25) is 0 Å². The first kappa shape index (κ1) is 20.6. The summed E-state index contributed by atoms with van der Waals surface area (Å²) in [7, 11) is 0. The van der Waals surface area contributed by atoms with Crippen molar-refractivity contribution in [3.05, 3.63) is 108 Å². The van der Waals surface area contributed by atoms with Crippen LogP contribution in [0.3, 0.4) is 0 Å². The van der Waals surface area contributed by atoms with Crippen LogP contribution < -0.4 is 5.32 Å². The van der Waals surface area contributed by atoms with Gasteiger partial charge < -0.3 is 5.32 Å². The van der Waals surface area contributed by atoms with E-state index in [-0.39, 0.29) is 10.8 Å². The standard InChI is InChI=1S/C31H31N/c1-30(2)21-31(3,4)29-20-25(14-19-28(29)30)24-12-17-27(18-13-24)32-26-15-10-23(11-16-26)22-8-6-5-7-9-22/h5-20,32H,21H2,1-4H3. The van der Waals surface area contributed by atoms with Crippen LogP contribution in [0, 0.1) is 0 Å². The normalized spacial score (nSPS) is 15.9. The third-order valence-electron chi connectivity index (χ3n) is 6.86. The second-order valence-corrected chi connectivity index (χ2v) is 10.4. The Hall–Kier alpha value is -3.32. The minimum Gasteiger partial charge on any atom is -0.356 e. The zero-order valence-corrected chi connectivity index (χ0v) is 19.4. The fourth-order valence-electron chi connectivity index (χ4n) is 5.46. The monoisotopic (exact) mass is 417 g/mol. The maximum Gasteiger partial charge on any atom is 0.0384 e. The molecule has 0 heterocycles. The highest BCUT2D eigenvalue weighted by atomic mass is 14.9. The molecule has 1 heteroatoms. The molecule has 1 aliphatic rings. The molecule has 32 heavy (non-hydrogen) atoms. The van der Waals surface area contributed by atoms with Gasteiger partial charge in [-0.15, -0.1) is 0 Å². The molecule has 0 unspecified atom stereocenters. The number of fused-ring (bicyclic) bond motifs is 1. The van der Waals surface area contributed by atoms with Gasteiger partial charge in [0.05, 0.1) is 0 Å². The average Bonchev–Trinajstić information content (AvgIpc) is 2.98. The van der Waals surface area contributed by atoms with Gasteiger partial charge in [0, 0.05) is 11.4 Å². The molecule has 0 fully saturated rings. The van der Waals surface area contributed by atoms with E-state index >= 15 is 0 Å². The fourth-order valence-corrected chi connectivity index (χ4v) is 5.46. The van der Waals surface area contributed by atoms with Gasteiger partial charge in [0.25, 0.3) is 0 Å². The van der Waals surface area contributed by atoms with Gasteiger partial charge in [0.15, 0.2) is 0 Å². The highest BCUT2D eigenvalue weighted by Crippen LogP contribution is 2.50. The van der Waals surface area contributed by atoms with Crippen molar-refractivity contribution < 1.29 is 0 Å². The lowest BCUT2D eigenvalue weighted by molar-refractivity contribution is 0.403. The molecule has 0 atom stereocenters. The molecule has 1 aliphatic carbocycles. The summed E-state index contributed by atoms with van der Waals surface area (Å²) in [6, 6.07) is 34.9. The van der Waals surface area contributed by atoms with Crippen LogP contribution in [-0.2, 0) is 10.8 Å². The van der Waals surface area contributed by atoms with Crippen LogP contribution in [0.5, 0.6) is 0 Å². The molecular formula is C31H31N. The molecule has 4 aromatic rings. The van der Waals surface area contributed by atoms with Gasteiger partial charge in [0.2, 0.25) is 0 Å². The second-order valence-electron chi connectivity index (χ2n) is 10.4. The van der Waals surface area contributed by atoms with Crippen molar-refractivity contribution in [1.29, 1.82) is 0 Å². The van der Waals surface area contributed by atoms with E-state index in [0.717, 1.165) is 11.4 Å². The highest BCUT2D eigenvalue weighted by molar-refractivity contribution is 5.72. The first-order valence-electron chi connectivity index (χ1n) is 11.5. The molecule has 0 saturated carbocycles. The van der Waals surface area contributed by atoms with E-state index < -0.39 is 0 Å². The van der Waals surface area contributed by atoms with E-state index in [9.17, 15) is 0 Å². The predicted molar refractivity (Wildman–Crippen MR) is 138 cm³/mol. The zero-order chi connectivity index (χ0) is 22.3. The van der Waals surface area contributed by atoms with Crippen molar-refractivity contribution in [1.82, 2.24) is 0 Å². The Morgan fingerprint density at radius 1 is 0.500 bits per heavy atom. The van der Waals surface area contributed by atoms with E-state index in [4.69, 9.17) is 0 Å². The summed E-state index contributed by atoms with van der Waals surface area (Å²) in [4.78, 5) is 0. The average molecular weight is 418 g/mol. The van der Waals surface area contributed by atoms with Gasteiger partial charge in [-0.25, -0.2) is 0 Å². The van der Waals surface area contributed by atoms with Crippen molar-refractivity contribution >= 4 is 11.4 Å². The van der Waals surface area contributed by atoms with E-state index in [2.05, 4.69) is 124 Å². The third-order valence-corrected chi connectivity index (χ3v) is 6.86. The summed E-state index contributed by atoms with van der Waals surface area (Å²) in [6.45, 7) is 9.49. The molecule has 0 radical (unpaired) electrons. The van der Waals surface area contributed by atoms with Gasteiger partial charge in [0.1, 0.15) is 0 Å². The molecule has 1 N–H and O–H groups in total. The topological polar surface area (TPSA) is 12.0 Å². The Morgan fingerprint density at radius 3 is 1.56 bits per heavy atom. The van der Waals surface area contributed by atoms with Crippen LogP contribution in [0.1, 0.15) is 45.2 Å². The van der Waals surface area contributed by atoms with Gasteiger partial charge >= 0.3 is 0 Å². The summed E-state index contributed by atoms with van der Waals surface area (Å²) >= 11 is 0. The van der Waals surface area contributed by atoms with Gasteiger partial charge in [-0.2, -0.15) is 0 Å². The molecule has 0 amide bonds. The van der Waals surface area contributed by atoms with Crippen LogP contribution in [0.2, 0.25) is 0 Å². The molecule has 5 rings (SSSR count). The molecule has 0 spiro atoms. The summed E-state index contributed by atoms with van der Waals surface area (Å²) in [6.07, 6.45) is 1.20. The summed E-state index contributed by atoms with van der Waals surface area (Å²) in [5.74, 6) is 0. The Bertz CT molecular complexity index is 1230. The number of anilines is 2. The summed E-state index contributed by atoms with van der Waals surface area (Å²) in [5, 5.41) is 3.53. The Morgan fingerprint density at radius 2 is 0.969 bits per heavy atom. The predicted octanol–water partition coefficient (Wildman–Crippen LogP) is 8.72. The van der Waals surface area contributed by atoms with Gasteiger partial charge in [-0.1, -0.05) is 100 Å². The van der Waals surface area contributed by atoms with E-state index in [1.54, 1.807) is 0 Å². The number of rotatable bonds is 4. The fraction of sp³-hybridized carbons (Fsp3) is 0.226. The second kappa shape index (κ2) is 7.67. The molecular weight excluding hydrogens is 386 g/mol. The molecule has 160 valence electrons.